The minimum atomic E-state index is -1.12. The van der Waals surface area contributed by atoms with Crippen molar-refractivity contribution in [3.05, 3.63) is 40.3 Å². The number of hydrogen-bond acceptors (Lipinski definition) is 6. The zero-order valence-electron chi connectivity index (χ0n) is 16.5. The average Bonchev–Trinajstić information content (AvgIpc) is 2.93. The van der Waals surface area contributed by atoms with Crippen LogP contribution in [-0.4, -0.2) is 36.3 Å². The first kappa shape index (κ1) is 20.5. The SMILES string of the molecule is CC(=O)Nc1sc(C)c(C)c1C(=O)OC(C)C(=O)N1CC(=O)Nc2ccccc21. The Hall–Kier alpha value is -3.20. The van der Waals surface area contributed by atoms with E-state index in [1.165, 1.54) is 30.1 Å². The van der Waals surface area contributed by atoms with E-state index in [1.807, 2.05) is 6.92 Å². The molecule has 3 rings (SSSR count). The van der Waals surface area contributed by atoms with Crippen molar-refractivity contribution in [2.75, 3.05) is 22.1 Å². The largest absolute Gasteiger partial charge is 0.449 e. The smallest absolute Gasteiger partial charge is 0.342 e. The van der Waals surface area contributed by atoms with Crippen molar-refractivity contribution < 1.29 is 23.9 Å². The Labute approximate surface area is 171 Å². The molecule has 2 N–H and O–H groups in total. The number of anilines is 3. The number of benzene rings is 1. The number of carbonyl (C=O) groups excluding carboxylic acids is 4. The number of para-hydroxylation sites is 2. The van der Waals surface area contributed by atoms with Gasteiger partial charge in [0.2, 0.25) is 11.8 Å². The number of rotatable bonds is 4. The molecule has 0 fully saturated rings. The highest BCUT2D eigenvalue weighted by molar-refractivity contribution is 7.16. The summed E-state index contributed by atoms with van der Waals surface area (Å²) in [5.41, 5.74) is 1.99. The lowest BCUT2D eigenvalue weighted by atomic mass is 10.1. The second-order valence-electron chi connectivity index (χ2n) is 6.71. The third-order valence-corrected chi connectivity index (χ3v) is 5.67. The van der Waals surface area contributed by atoms with E-state index in [-0.39, 0.29) is 23.9 Å². The maximum absolute atomic E-state index is 12.9. The molecule has 0 radical (unpaired) electrons. The van der Waals surface area contributed by atoms with Crippen molar-refractivity contribution in [2.24, 2.45) is 0 Å². The van der Waals surface area contributed by atoms with Crippen LogP contribution in [0.4, 0.5) is 16.4 Å². The summed E-state index contributed by atoms with van der Waals surface area (Å²) >= 11 is 1.27. The van der Waals surface area contributed by atoms with Crippen LogP contribution in [-0.2, 0) is 19.1 Å². The highest BCUT2D eigenvalue weighted by Crippen LogP contribution is 2.34. The molecule has 1 aliphatic heterocycles. The van der Waals surface area contributed by atoms with E-state index in [9.17, 15) is 19.2 Å². The molecule has 1 aliphatic rings. The van der Waals surface area contributed by atoms with Crippen LogP contribution in [0.15, 0.2) is 24.3 Å². The number of carbonyl (C=O) groups is 4. The first-order valence-electron chi connectivity index (χ1n) is 8.97. The molecule has 152 valence electrons. The number of ether oxygens (including phenoxy) is 1. The fourth-order valence-electron chi connectivity index (χ4n) is 3.04. The third kappa shape index (κ3) is 4.14. The van der Waals surface area contributed by atoms with Gasteiger partial charge in [-0.1, -0.05) is 12.1 Å². The Kier molecular flexibility index (Phi) is 5.69. The standard InChI is InChI=1S/C20H21N3O5S/c1-10-12(3)29-18(21-13(4)24)17(10)20(27)28-11(2)19(26)23-9-16(25)22-14-7-5-6-8-15(14)23/h5-8,11H,9H2,1-4H3,(H,21,24)(H,22,25). The lowest BCUT2D eigenvalue weighted by Gasteiger charge is -2.30. The number of aryl methyl sites for hydroxylation is 1. The summed E-state index contributed by atoms with van der Waals surface area (Å²) in [6, 6.07) is 6.91. The first-order valence-corrected chi connectivity index (χ1v) is 9.79. The van der Waals surface area contributed by atoms with Crippen molar-refractivity contribution in [3.8, 4) is 0 Å². The molecular weight excluding hydrogens is 394 g/mol. The number of thiophene rings is 1. The number of amides is 3. The molecule has 0 saturated heterocycles. The lowest BCUT2D eigenvalue weighted by molar-refractivity contribution is -0.128. The fourth-order valence-corrected chi connectivity index (χ4v) is 4.13. The summed E-state index contributed by atoms with van der Waals surface area (Å²) in [6.45, 7) is 6.24. The monoisotopic (exact) mass is 415 g/mol. The molecule has 0 bridgehead atoms. The Morgan fingerprint density at radius 1 is 1.24 bits per heavy atom. The topological polar surface area (TPSA) is 105 Å². The molecule has 1 aromatic heterocycles. The minimum Gasteiger partial charge on any atom is -0.449 e. The molecule has 0 spiro atoms. The molecule has 1 unspecified atom stereocenters. The van der Waals surface area contributed by atoms with Crippen molar-refractivity contribution in [1.29, 1.82) is 0 Å². The number of nitrogens with zero attached hydrogens (tertiary/aromatic N) is 1. The van der Waals surface area contributed by atoms with Gasteiger partial charge in [-0.25, -0.2) is 4.79 Å². The lowest BCUT2D eigenvalue weighted by Crippen LogP contribution is -2.47. The van der Waals surface area contributed by atoms with E-state index in [0.717, 1.165) is 4.88 Å². The van der Waals surface area contributed by atoms with E-state index >= 15 is 0 Å². The number of hydrogen-bond donors (Lipinski definition) is 2. The maximum atomic E-state index is 12.9. The Balaban J connectivity index is 1.82. The van der Waals surface area contributed by atoms with Gasteiger partial charge in [0.1, 0.15) is 11.5 Å². The highest BCUT2D eigenvalue weighted by atomic mass is 32.1. The third-order valence-electron chi connectivity index (χ3n) is 4.55. The van der Waals surface area contributed by atoms with E-state index in [2.05, 4.69) is 10.6 Å². The van der Waals surface area contributed by atoms with E-state index < -0.39 is 18.0 Å². The van der Waals surface area contributed by atoms with Crippen molar-refractivity contribution in [3.63, 3.8) is 0 Å². The second kappa shape index (κ2) is 8.04. The van der Waals surface area contributed by atoms with Crippen LogP contribution in [0.1, 0.15) is 34.6 Å². The molecule has 8 nitrogen and oxygen atoms in total. The van der Waals surface area contributed by atoms with Crippen molar-refractivity contribution >= 4 is 51.4 Å². The van der Waals surface area contributed by atoms with E-state index in [0.29, 0.717) is 21.9 Å². The normalized spacial score (nSPS) is 13.9. The molecule has 0 aliphatic carbocycles. The van der Waals surface area contributed by atoms with Gasteiger partial charge < -0.3 is 15.4 Å². The van der Waals surface area contributed by atoms with Gasteiger partial charge >= 0.3 is 5.97 Å². The summed E-state index contributed by atoms with van der Waals surface area (Å²) in [4.78, 5) is 51.2. The van der Waals surface area contributed by atoms with Gasteiger partial charge in [0.05, 0.1) is 16.9 Å². The van der Waals surface area contributed by atoms with Gasteiger partial charge in [-0.15, -0.1) is 11.3 Å². The Morgan fingerprint density at radius 2 is 1.93 bits per heavy atom. The van der Waals surface area contributed by atoms with E-state index in [1.54, 1.807) is 31.2 Å². The number of nitrogens with one attached hydrogen (secondary N) is 2. The second-order valence-corrected chi connectivity index (χ2v) is 7.93. The van der Waals surface area contributed by atoms with Crippen LogP contribution in [0.25, 0.3) is 0 Å². The summed E-state index contributed by atoms with van der Waals surface area (Å²) in [7, 11) is 0. The van der Waals surface area contributed by atoms with Crippen LogP contribution in [0.5, 0.6) is 0 Å². The van der Waals surface area contributed by atoms with Crippen LogP contribution >= 0.6 is 11.3 Å². The first-order chi connectivity index (χ1) is 13.7. The Morgan fingerprint density at radius 3 is 2.62 bits per heavy atom. The van der Waals surface area contributed by atoms with Gasteiger partial charge in [0, 0.05) is 11.8 Å². The average molecular weight is 415 g/mol. The Bertz CT molecular complexity index is 1010. The molecular formula is C20H21N3O5S. The molecule has 1 aromatic carbocycles. The fraction of sp³-hybridized carbons (Fsp3) is 0.300. The summed E-state index contributed by atoms with van der Waals surface area (Å²) in [6.07, 6.45) is -1.12. The van der Waals surface area contributed by atoms with Gasteiger partial charge in [0.25, 0.3) is 5.91 Å². The zero-order chi connectivity index (χ0) is 21.3. The molecule has 2 aromatic rings. The number of esters is 1. The highest BCUT2D eigenvalue weighted by Gasteiger charge is 2.32. The van der Waals surface area contributed by atoms with Crippen LogP contribution < -0.4 is 15.5 Å². The van der Waals surface area contributed by atoms with Gasteiger partial charge in [0.15, 0.2) is 6.10 Å². The van der Waals surface area contributed by atoms with E-state index in [4.69, 9.17) is 4.74 Å². The number of fused-ring (bicyclic) bond motifs is 1. The predicted octanol–water partition coefficient (Wildman–Crippen LogP) is 2.85. The summed E-state index contributed by atoms with van der Waals surface area (Å²) in [5, 5.41) is 5.73. The minimum absolute atomic E-state index is 0.161. The van der Waals surface area contributed by atoms with Gasteiger partial charge in [-0.05, 0) is 38.5 Å². The molecule has 9 heteroatoms. The predicted molar refractivity (Wildman–Crippen MR) is 110 cm³/mol. The molecule has 3 amide bonds. The summed E-state index contributed by atoms with van der Waals surface area (Å²) in [5.74, 6) is -1.84. The van der Waals surface area contributed by atoms with Crippen LogP contribution in [0, 0.1) is 13.8 Å². The quantitative estimate of drug-likeness (QED) is 0.747. The molecule has 2 heterocycles. The van der Waals surface area contributed by atoms with Gasteiger partial charge in [-0.2, -0.15) is 0 Å². The maximum Gasteiger partial charge on any atom is 0.342 e. The van der Waals surface area contributed by atoms with Gasteiger partial charge in [-0.3, -0.25) is 19.3 Å². The van der Waals surface area contributed by atoms with Crippen LogP contribution in [0.2, 0.25) is 0 Å². The molecule has 1 atom stereocenters. The summed E-state index contributed by atoms with van der Waals surface area (Å²) < 4.78 is 5.41. The van der Waals surface area contributed by atoms with Crippen molar-refractivity contribution in [2.45, 2.75) is 33.8 Å². The molecule has 29 heavy (non-hydrogen) atoms. The van der Waals surface area contributed by atoms with Crippen molar-refractivity contribution in [1.82, 2.24) is 0 Å². The molecule has 0 saturated carbocycles. The van der Waals surface area contributed by atoms with Crippen LogP contribution in [0.3, 0.4) is 0 Å². The zero-order valence-corrected chi connectivity index (χ0v) is 17.3.